The van der Waals surface area contributed by atoms with Gasteiger partial charge in [-0.15, -0.1) is 0 Å². The predicted molar refractivity (Wildman–Crippen MR) is 81.8 cm³/mol. The molecule has 2 N–H and O–H groups in total. The highest BCUT2D eigenvalue weighted by atomic mass is 16.3. The molecule has 1 rings (SSSR count). The predicted octanol–water partition coefficient (Wildman–Crippen LogP) is 1.66. The van der Waals surface area contributed by atoms with Crippen molar-refractivity contribution in [3.8, 4) is 0 Å². The number of amides is 2. The van der Waals surface area contributed by atoms with Gasteiger partial charge in [0.15, 0.2) is 0 Å². The van der Waals surface area contributed by atoms with Crippen LogP contribution in [0.15, 0.2) is 0 Å². The lowest BCUT2D eigenvalue weighted by molar-refractivity contribution is 0.130. The minimum atomic E-state index is 0.0305. The van der Waals surface area contributed by atoms with Gasteiger partial charge in [-0.05, 0) is 46.1 Å². The van der Waals surface area contributed by atoms with Gasteiger partial charge in [-0.2, -0.15) is 0 Å². The minimum absolute atomic E-state index is 0.0305. The first-order valence-electron chi connectivity index (χ1n) is 7.99. The van der Waals surface area contributed by atoms with E-state index >= 15 is 0 Å². The number of hydrogen-bond donors (Lipinski definition) is 2. The molecule has 1 heterocycles. The van der Waals surface area contributed by atoms with Crippen molar-refractivity contribution in [2.45, 2.75) is 58.5 Å². The van der Waals surface area contributed by atoms with E-state index in [-0.39, 0.29) is 18.7 Å². The SMILES string of the molecule is CCN(CCNC(=O)N1CCCCC1CCO)C(C)C. The Balaban J connectivity index is 2.36. The van der Waals surface area contributed by atoms with E-state index in [1.54, 1.807) is 0 Å². The highest BCUT2D eigenvalue weighted by Gasteiger charge is 2.25. The smallest absolute Gasteiger partial charge is 0.317 e. The Morgan fingerprint density at radius 1 is 1.45 bits per heavy atom. The number of carbonyl (C=O) groups excluding carboxylic acids is 1. The van der Waals surface area contributed by atoms with Crippen molar-refractivity contribution in [3.05, 3.63) is 0 Å². The molecule has 1 atom stereocenters. The summed E-state index contributed by atoms with van der Waals surface area (Å²) in [5.74, 6) is 0. The number of likely N-dealkylation sites (tertiary alicyclic amines) is 1. The molecule has 0 bridgehead atoms. The molecular weight excluding hydrogens is 254 g/mol. The fourth-order valence-corrected chi connectivity index (χ4v) is 2.91. The molecule has 0 spiro atoms. The molecule has 0 aromatic carbocycles. The van der Waals surface area contributed by atoms with Gasteiger partial charge in [0.05, 0.1) is 0 Å². The van der Waals surface area contributed by atoms with Crippen LogP contribution in [-0.2, 0) is 0 Å². The van der Waals surface area contributed by atoms with E-state index in [9.17, 15) is 4.79 Å². The summed E-state index contributed by atoms with van der Waals surface area (Å²) in [5, 5.41) is 12.1. The quantitative estimate of drug-likeness (QED) is 0.748. The van der Waals surface area contributed by atoms with Crippen molar-refractivity contribution in [2.75, 3.05) is 32.8 Å². The van der Waals surface area contributed by atoms with E-state index in [2.05, 4.69) is 31.0 Å². The largest absolute Gasteiger partial charge is 0.396 e. The van der Waals surface area contributed by atoms with Gasteiger partial charge in [0.25, 0.3) is 0 Å². The lowest BCUT2D eigenvalue weighted by Gasteiger charge is -2.35. The third-order valence-corrected chi connectivity index (χ3v) is 4.16. The van der Waals surface area contributed by atoms with Crippen molar-refractivity contribution in [2.24, 2.45) is 0 Å². The van der Waals surface area contributed by atoms with Crippen LogP contribution in [0, 0.1) is 0 Å². The summed E-state index contributed by atoms with van der Waals surface area (Å²) >= 11 is 0. The molecule has 1 unspecified atom stereocenters. The Bertz CT molecular complexity index is 282. The van der Waals surface area contributed by atoms with Crippen LogP contribution in [0.5, 0.6) is 0 Å². The van der Waals surface area contributed by atoms with Crippen molar-refractivity contribution in [1.29, 1.82) is 0 Å². The highest BCUT2D eigenvalue weighted by molar-refractivity contribution is 5.74. The second kappa shape index (κ2) is 9.19. The summed E-state index contributed by atoms with van der Waals surface area (Å²) in [6.07, 6.45) is 3.94. The molecule has 1 aliphatic heterocycles. The van der Waals surface area contributed by atoms with E-state index in [4.69, 9.17) is 5.11 Å². The lowest BCUT2D eigenvalue weighted by Crippen LogP contribution is -2.50. The van der Waals surface area contributed by atoms with Gasteiger partial charge in [0.2, 0.25) is 0 Å². The molecule has 0 saturated carbocycles. The van der Waals surface area contributed by atoms with Gasteiger partial charge in [-0.1, -0.05) is 6.92 Å². The molecular formula is C15H31N3O2. The van der Waals surface area contributed by atoms with Crippen LogP contribution in [0.3, 0.4) is 0 Å². The maximum absolute atomic E-state index is 12.2. The third kappa shape index (κ3) is 5.29. The van der Waals surface area contributed by atoms with E-state index in [1.165, 1.54) is 0 Å². The fraction of sp³-hybridized carbons (Fsp3) is 0.933. The van der Waals surface area contributed by atoms with E-state index in [0.717, 1.165) is 38.9 Å². The summed E-state index contributed by atoms with van der Waals surface area (Å²) in [7, 11) is 0. The zero-order chi connectivity index (χ0) is 15.0. The van der Waals surface area contributed by atoms with Crippen molar-refractivity contribution in [1.82, 2.24) is 15.1 Å². The number of rotatable bonds is 7. The normalized spacial score (nSPS) is 19.7. The van der Waals surface area contributed by atoms with E-state index in [1.807, 2.05) is 4.90 Å². The van der Waals surface area contributed by atoms with Gasteiger partial charge in [-0.25, -0.2) is 4.79 Å². The fourth-order valence-electron chi connectivity index (χ4n) is 2.91. The van der Waals surface area contributed by atoms with Crippen molar-refractivity contribution >= 4 is 6.03 Å². The van der Waals surface area contributed by atoms with Crippen LogP contribution in [0.2, 0.25) is 0 Å². The van der Waals surface area contributed by atoms with Crippen LogP contribution in [0.25, 0.3) is 0 Å². The van der Waals surface area contributed by atoms with Crippen LogP contribution >= 0.6 is 0 Å². The summed E-state index contributed by atoms with van der Waals surface area (Å²) in [5.41, 5.74) is 0. The molecule has 20 heavy (non-hydrogen) atoms. The van der Waals surface area contributed by atoms with Gasteiger partial charge < -0.3 is 15.3 Å². The van der Waals surface area contributed by atoms with E-state index in [0.29, 0.717) is 19.0 Å². The first kappa shape index (κ1) is 17.2. The third-order valence-electron chi connectivity index (χ3n) is 4.16. The Morgan fingerprint density at radius 3 is 2.80 bits per heavy atom. The Morgan fingerprint density at radius 2 is 2.20 bits per heavy atom. The summed E-state index contributed by atoms with van der Waals surface area (Å²) < 4.78 is 0. The topological polar surface area (TPSA) is 55.8 Å². The molecule has 0 aliphatic carbocycles. The number of piperidine rings is 1. The van der Waals surface area contributed by atoms with Crippen molar-refractivity contribution < 1.29 is 9.90 Å². The lowest BCUT2D eigenvalue weighted by atomic mass is 10.0. The minimum Gasteiger partial charge on any atom is -0.396 e. The average molecular weight is 285 g/mol. The highest BCUT2D eigenvalue weighted by Crippen LogP contribution is 2.19. The molecule has 1 saturated heterocycles. The maximum Gasteiger partial charge on any atom is 0.317 e. The zero-order valence-electron chi connectivity index (χ0n) is 13.3. The summed E-state index contributed by atoms with van der Waals surface area (Å²) in [6.45, 7) is 10.0. The summed E-state index contributed by atoms with van der Waals surface area (Å²) in [4.78, 5) is 16.5. The van der Waals surface area contributed by atoms with Gasteiger partial charge in [0.1, 0.15) is 0 Å². The number of hydrogen-bond acceptors (Lipinski definition) is 3. The van der Waals surface area contributed by atoms with E-state index < -0.39 is 0 Å². The monoisotopic (exact) mass is 285 g/mol. The molecule has 2 amide bonds. The van der Waals surface area contributed by atoms with Crippen LogP contribution in [0.1, 0.15) is 46.5 Å². The number of likely N-dealkylation sites (N-methyl/N-ethyl adjacent to an activating group) is 1. The Kier molecular flexibility index (Phi) is 7.92. The second-order valence-electron chi connectivity index (χ2n) is 5.81. The first-order valence-corrected chi connectivity index (χ1v) is 7.99. The average Bonchev–Trinajstić information content (AvgIpc) is 2.44. The van der Waals surface area contributed by atoms with Gasteiger partial charge in [-0.3, -0.25) is 4.90 Å². The molecule has 1 fully saturated rings. The first-order chi connectivity index (χ1) is 9.60. The maximum atomic E-state index is 12.2. The van der Waals surface area contributed by atoms with Crippen LogP contribution < -0.4 is 5.32 Å². The number of carbonyl (C=O) groups is 1. The number of nitrogens with zero attached hydrogens (tertiary/aromatic N) is 2. The number of aliphatic hydroxyl groups excluding tert-OH is 1. The number of aliphatic hydroxyl groups is 1. The molecule has 0 aromatic heterocycles. The van der Waals surface area contributed by atoms with Crippen LogP contribution in [0.4, 0.5) is 4.79 Å². The molecule has 1 aliphatic rings. The number of nitrogens with one attached hydrogen (secondary N) is 1. The van der Waals surface area contributed by atoms with Crippen LogP contribution in [-0.4, -0.2) is 65.8 Å². The van der Waals surface area contributed by atoms with Gasteiger partial charge >= 0.3 is 6.03 Å². The summed E-state index contributed by atoms with van der Waals surface area (Å²) in [6, 6.07) is 0.748. The Hall–Kier alpha value is -0.810. The molecule has 118 valence electrons. The second-order valence-corrected chi connectivity index (χ2v) is 5.81. The van der Waals surface area contributed by atoms with Gasteiger partial charge in [0, 0.05) is 38.3 Å². The molecule has 5 heteroatoms. The molecule has 0 radical (unpaired) electrons. The zero-order valence-corrected chi connectivity index (χ0v) is 13.3. The number of urea groups is 1. The van der Waals surface area contributed by atoms with Crippen molar-refractivity contribution in [3.63, 3.8) is 0 Å². The molecule has 5 nitrogen and oxygen atoms in total. The molecule has 0 aromatic rings. The Labute approximate surface area is 123 Å². The standard InChI is InChI=1S/C15H31N3O2/c1-4-17(13(2)3)11-9-16-15(20)18-10-6-5-7-14(18)8-12-19/h13-14,19H,4-12H2,1-3H3,(H,16,20).